The number of aliphatic hydroxyl groups is 1. The smallest absolute Gasteiger partial charge is 0.111 e. The molecule has 2 aliphatic rings. The summed E-state index contributed by atoms with van der Waals surface area (Å²) in [6.45, 7) is 3.59. The van der Waals surface area contributed by atoms with Gasteiger partial charge < -0.3 is 14.4 Å². The average Bonchev–Trinajstić information content (AvgIpc) is 3.03. The third-order valence-electron chi connectivity index (χ3n) is 5.88. The molecule has 5 nitrogen and oxygen atoms in total. The van der Waals surface area contributed by atoms with E-state index in [0.717, 1.165) is 38.2 Å². The van der Waals surface area contributed by atoms with Gasteiger partial charge in [-0.3, -0.25) is 9.88 Å². The maximum absolute atomic E-state index is 11.2. The van der Waals surface area contributed by atoms with E-state index < -0.39 is 5.60 Å². The molecule has 2 aliphatic heterocycles. The molecule has 0 amide bonds. The second-order valence-electron chi connectivity index (χ2n) is 7.59. The summed E-state index contributed by atoms with van der Waals surface area (Å²) >= 11 is 0. The zero-order chi connectivity index (χ0) is 17.3. The molecule has 0 radical (unpaired) electrons. The van der Waals surface area contributed by atoms with Crippen LogP contribution in [0.4, 0.5) is 0 Å². The van der Waals surface area contributed by atoms with Crippen LogP contribution in [0.2, 0.25) is 0 Å². The van der Waals surface area contributed by atoms with Crippen LogP contribution >= 0.6 is 0 Å². The molecule has 2 saturated heterocycles. The van der Waals surface area contributed by atoms with Crippen LogP contribution in [0.1, 0.15) is 37.1 Å². The molecule has 1 unspecified atom stereocenters. The van der Waals surface area contributed by atoms with Gasteiger partial charge in [0.25, 0.3) is 0 Å². The Labute approximate surface area is 149 Å². The predicted molar refractivity (Wildman–Crippen MR) is 96.0 cm³/mol. The van der Waals surface area contributed by atoms with Crippen molar-refractivity contribution in [1.29, 1.82) is 0 Å². The van der Waals surface area contributed by atoms with Crippen molar-refractivity contribution < 1.29 is 9.84 Å². The van der Waals surface area contributed by atoms with E-state index in [4.69, 9.17) is 4.74 Å². The highest BCUT2D eigenvalue weighted by Gasteiger charge is 2.47. The zero-order valence-corrected chi connectivity index (χ0v) is 14.9. The first kappa shape index (κ1) is 16.8. The number of ether oxygens (including phenoxy) is 1. The van der Waals surface area contributed by atoms with Crippen LogP contribution in [0.5, 0.6) is 0 Å². The fourth-order valence-corrected chi connectivity index (χ4v) is 4.30. The summed E-state index contributed by atoms with van der Waals surface area (Å²) in [5.74, 6) is 0. The third-order valence-corrected chi connectivity index (χ3v) is 5.88. The molecule has 0 aliphatic carbocycles. The quantitative estimate of drug-likeness (QED) is 0.932. The second kappa shape index (κ2) is 6.56. The Morgan fingerprint density at radius 2 is 2.00 bits per heavy atom. The molecule has 134 valence electrons. The second-order valence-corrected chi connectivity index (χ2v) is 7.59. The molecule has 1 spiro atoms. The SMILES string of the molecule is Cn1cccc1CN1CCC2(CC1)CC(O)(c1ccccn1)CCO2. The standard InChI is InChI=1S/C20H27N3O2/c1-22-11-4-5-17(22)15-23-12-7-19(8-13-23)16-20(24,9-14-25-19)18-6-2-3-10-21-18/h2-6,10-11,24H,7-9,12-16H2,1H3. The van der Waals surface area contributed by atoms with E-state index in [1.165, 1.54) is 5.69 Å². The lowest BCUT2D eigenvalue weighted by Crippen LogP contribution is -2.53. The van der Waals surface area contributed by atoms with E-state index in [1.54, 1.807) is 6.20 Å². The molecule has 2 aromatic rings. The topological polar surface area (TPSA) is 50.5 Å². The highest BCUT2D eigenvalue weighted by Crippen LogP contribution is 2.43. The molecule has 0 bridgehead atoms. The molecular formula is C20H27N3O2. The monoisotopic (exact) mass is 341 g/mol. The Morgan fingerprint density at radius 1 is 1.16 bits per heavy atom. The van der Waals surface area contributed by atoms with Gasteiger partial charge in [-0.25, -0.2) is 0 Å². The predicted octanol–water partition coefficient (Wildman–Crippen LogP) is 2.45. The minimum atomic E-state index is -0.861. The Bertz CT molecular complexity index is 707. The van der Waals surface area contributed by atoms with Gasteiger partial charge in [0.1, 0.15) is 5.60 Å². The van der Waals surface area contributed by atoms with Crippen molar-refractivity contribution in [3.05, 3.63) is 54.1 Å². The largest absolute Gasteiger partial charge is 0.383 e. The van der Waals surface area contributed by atoms with E-state index in [-0.39, 0.29) is 5.60 Å². The van der Waals surface area contributed by atoms with Crippen molar-refractivity contribution in [3.63, 3.8) is 0 Å². The van der Waals surface area contributed by atoms with Crippen molar-refractivity contribution in [2.45, 2.75) is 43.4 Å². The molecule has 0 saturated carbocycles. The number of aromatic nitrogens is 2. The Hall–Kier alpha value is -1.69. The summed E-state index contributed by atoms with van der Waals surface area (Å²) in [6.07, 6.45) is 7.06. The first-order valence-electron chi connectivity index (χ1n) is 9.19. The molecule has 2 aromatic heterocycles. The van der Waals surface area contributed by atoms with Crippen molar-refractivity contribution in [3.8, 4) is 0 Å². The molecule has 25 heavy (non-hydrogen) atoms. The van der Waals surface area contributed by atoms with Gasteiger partial charge in [-0.1, -0.05) is 6.07 Å². The van der Waals surface area contributed by atoms with Gasteiger partial charge in [0, 0.05) is 57.6 Å². The van der Waals surface area contributed by atoms with Crippen molar-refractivity contribution in [2.24, 2.45) is 7.05 Å². The van der Waals surface area contributed by atoms with Crippen LogP contribution in [0.15, 0.2) is 42.7 Å². The first-order chi connectivity index (χ1) is 12.1. The Morgan fingerprint density at radius 3 is 2.68 bits per heavy atom. The van der Waals surface area contributed by atoms with E-state index in [0.29, 0.717) is 19.4 Å². The summed E-state index contributed by atoms with van der Waals surface area (Å²) in [5, 5.41) is 11.2. The number of rotatable bonds is 3. The van der Waals surface area contributed by atoms with Gasteiger partial charge in [-0.2, -0.15) is 0 Å². The summed E-state index contributed by atoms with van der Waals surface area (Å²) in [6, 6.07) is 10.1. The number of pyridine rings is 1. The number of nitrogens with zero attached hydrogens (tertiary/aromatic N) is 3. The molecule has 4 heterocycles. The maximum Gasteiger partial charge on any atom is 0.111 e. The van der Waals surface area contributed by atoms with Gasteiger partial charge in [0.15, 0.2) is 0 Å². The first-order valence-corrected chi connectivity index (χ1v) is 9.19. The van der Waals surface area contributed by atoms with Crippen LogP contribution in [0.25, 0.3) is 0 Å². The summed E-state index contributed by atoms with van der Waals surface area (Å²) in [5.41, 5.74) is 1.05. The number of likely N-dealkylation sites (tertiary alicyclic amines) is 1. The summed E-state index contributed by atoms with van der Waals surface area (Å²) in [7, 11) is 2.10. The molecule has 1 atom stereocenters. The number of piperidine rings is 1. The van der Waals surface area contributed by atoms with Gasteiger partial charge in [-0.05, 0) is 37.1 Å². The summed E-state index contributed by atoms with van der Waals surface area (Å²) < 4.78 is 8.39. The van der Waals surface area contributed by atoms with E-state index in [9.17, 15) is 5.11 Å². The Balaban J connectivity index is 1.42. The van der Waals surface area contributed by atoms with Gasteiger partial charge in [0.2, 0.25) is 0 Å². The van der Waals surface area contributed by atoms with Gasteiger partial charge >= 0.3 is 0 Å². The summed E-state index contributed by atoms with van der Waals surface area (Å²) in [4.78, 5) is 6.89. The van der Waals surface area contributed by atoms with Gasteiger partial charge in [-0.15, -0.1) is 0 Å². The highest BCUT2D eigenvalue weighted by molar-refractivity contribution is 5.16. The number of aryl methyl sites for hydroxylation is 1. The normalized spacial score (nSPS) is 26.8. The lowest BCUT2D eigenvalue weighted by molar-refractivity contribution is -0.184. The fourth-order valence-electron chi connectivity index (χ4n) is 4.30. The molecule has 5 heteroatoms. The zero-order valence-electron chi connectivity index (χ0n) is 14.9. The molecule has 4 rings (SSSR count). The van der Waals surface area contributed by atoms with E-state index >= 15 is 0 Å². The average molecular weight is 341 g/mol. The van der Waals surface area contributed by atoms with Crippen LogP contribution in [-0.4, -0.2) is 44.9 Å². The third kappa shape index (κ3) is 3.36. The van der Waals surface area contributed by atoms with E-state index in [1.807, 2.05) is 18.2 Å². The Kier molecular flexibility index (Phi) is 4.40. The number of hydrogen-bond donors (Lipinski definition) is 1. The molecule has 0 aromatic carbocycles. The maximum atomic E-state index is 11.2. The highest BCUT2D eigenvalue weighted by atomic mass is 16.5. The molecular weight excluding hydrogens is 314 g/mol. The van der Waals surface area contributed by atoms with Crippen LogP contribution < -0.4 is 0 Å². The van der Waals surface area contributed by atoms with Crippen LogP contribution in [0.3, 0.4) is 0 Å². The fraction of sp³-hybridized carbons (Fsp3) is 0.550. The minimum Gasteiger partial charge on any atom is -0.383 e. The molecule has 1 N–H and O–H groups in total. The van der Waals surface area contributed by atoms with Crippen LogP contribution in [0, 0.1) is 0 Å². The van der Waals surface area contributed by atoms with Crippen molar-refractivity contribution in [1.82, 2.24) is 14.5 Å². The minimum absolute atomic E-state index is 0.213. The van der Waals surface area contributed by atoms with Crippen molar-refractivity contribution >= 4 is 0 Å². The van der Waals surface area contributed by atoms with E-state index in [2.05, 4.69) is 39.8 Å². The lowest BCUT2D eigenvalue weighted by atomic mass is 9.75. The van der Waals surface area contributed by atoms with Crippen LogP contribution in [-0.2, 0) is 23.9 Å². The molecule has 2 fully saturated rings. The van der Waals surface area contributed by atoms with Crippen molar-refractivity contribution in [2.75, 3.05) is 19.7 Å². The number of hydrogen-bond acceptors (Lipinski definition) is 4. The lowest BCUT2D eigenvalue weighted by Gasteiger charge is -2.49. The van der Waals surface area contributed by atoms with Gasteiger partial charge in [0.05, 0.1) is 17.9 Å².